The Balaban J connectivity index is 1.06. The SMILES string of the molecule is C=C(F)/C=C\c1[nH]cc(C[C@@H]2NC(=O)[C@@H](C)NC(=O)[C@H](CCCCN)NC(=O)CCSCc3ccc4ccc(cc4c3)CSCCNC(=O)[C@]3(C)CCCN3C(=O)[C@H](Cc3ccc(OC)cc3)NC(=O)[C@H](Cc3cnc[nH]3)NC(=O)[C@H](CC(=O)O)NC(=O)[C@H](Cc3c[nH]c4ccc(F)cc34)NC2=O)c1C. The summed E-state index contributed by atoms with van der Waals surface area (Å²) in [6.45, 7) is 8.73. The molecule has 3 aromatic heterocycles. The molecule has 3 bridgehead atoms. The van der Waals surface area contributed by atoms with Gasteiger partial charge in [-0.25, -0.2) is 13.8 Å². The number of carboxylic acid groups (broad SMARTS) is 1. The van der Waals surface area contributed by atoms with Crippen molar-refractivity contribution in [2.75, 3.05) is 38.2 Å². The molecule has 9 rings (SSSR count). The fraction of sp³-hybridized carbons (Fsp3) is 0.400. The predicted octanol–water partition coefficient (Wildman–Crippen LogP) is 5.68. The van der Waals surface area contributed by atoms with Crippen LogP contribution in [0, 0.1) is 12.7 Å². The number of ether oxygens (including phenoxy) is 1. The number of methoxy groups -OCH3 is 1. The van der Waals surface area contributed by atoms with Gasteiger partial charge in [0, 0.05) is 109 Å². The van der Waals surface area contributed by atoms with E-state index >= 15 is 23.6 Å². The highest BCUT2D eigenvalue weighted by Gasteiger charge is 2.48. The van der Waals surface area contributed by atoms with Gasteiger partial charge in [0.05, 0.1) is 19.9 Å². The van der Waals surface area contributed by atoms with Gasteiger partial charge in [0.15, 0.2) is 0 Å². The number of unbranched alkanes of at least 4 members (excludes halogenated alkanes) is 1. The van der Waals surface area contributed by atoms with Gasteiger partial charge in [-0.2, -0.15) is 23.5 Å². The number of H-pyrrole nitrogens is 3. The number of aromatic nitrogens is 4. The van der Waals surface area contributed by atoms with E-state index in [2.05, 4.69) is 87.2 Å². The number of hydrogen-bond donors (Lipinski definition) is 13. The normalized spacial score (nSPS) is 22.4. The van der Waals surface area contributed by atoms with Gasteiger partial charge in [-0.05, 0) is 146 Å². The Hall–Kier alpha value is -10.3. The van der Waals surface area contributed by atoms with E-state index in [0.717, 1.165) is 28.0 Å². The lowest BCUT2D eigenvalue weighted by atomic mass is 9.95. The van der Waals surface area contributed by atoms with E-state index in [-0.39, 0.29) is 56.1 Å². The summed E-state index contributed by atoms with van der Waals surface area (Å²) in [4.78, 5) is 160. The first-order valence-corrected chi connectivity index (χ1v) is 37.0. The Labute approximate surface area is 614 Å². The van der Waals surface area contributed by atoms with E-state index in [1.807, 2.05) is 18.2 Å². The lowest BCUT2D eigenvalue weighted by Crippen LogP contribution is -2.62. The van der Waals surface area contributed by atoms with Crippen LogP contribution in [0.1, 0.15) is 104 Å². The molecule has 0 unspecified atom stereocenters. The second-order valence-electron chi connectivity index (χ2n) is 26.4. The van der Waals surface area contributed by atoms with E-state index < -0.39 is 131 Å². The van der Waals surface area contributed by atoms with Gasteiger partial charge in [0.2, 0.25) is 53.2 Å². The van der Waals surface area contributed by atoms with Crippen LogP contribution >= 0.6 is 23.5 Å². The summed E-state index contributed by atoms with van der Waals surface area (Å²) in [5.41, 5.74) is 9.50. The second kappa shape index (κ2) is 37.4. The summed E-state index contributed by atoms with van der Waals surface area (Å²) in [6, 6.07) is 12.2. The van der Waals surface area contributed by atoms with Crippen molar-refractivity contribution in [1.82, 2.24) is 67.4 Å². The van der Waals surface area contributed by atoms with E-state index in [4.69, 9.17) is 10.5 Å². The van der Waals surface area contributed by atoms with E-state index in [1.54, 1.807) is 49.9 Å². The molecule has 2 aliphatic rings. The lowest BCUT2D eigenvalue weighted by molar-refractivity contribution is -0.146. The van der Waals surface area contributed by atoms with Gasteiger partial charge < -0.3 is 78.0 Å². The van der Waals surface area contributed by atoms with Crippen LogP contribution in [0.5, 0.6) is 5.75 Å². The van der Waals surface area contributed by atoms with E-state index in [1.165, 1.54) is 79.9 Å². The average Bonchev–Trinajstić information content (AvgIpc) is 1.70. The van der Waals surface area contributed by atoms with Crippen molar-refractivity contribution >= 4 is 110 Å². The number of nitrogens with zero attached hydrogens (tertiary/aromatic N) is 2. The van der Waals surface area contributed by atoms with Crippen LogP contribution in [0.3, 0.4) is 0 Å². The van der Waals surface area contributed by atoms with Crippen molar-refractivity contribution < 1.29 is 66.6 Å². The molecule has 26 nitrogen and oxygen atoms in total. The summed E-state index contributed by atoms with van der Waals surface area (Å²) in [5, 5.41) is 34.6. The summed E-state index contributed by atoms with van der Waals surface area (Å²) in [5.74, 6) is -7.62. The van der Waals surface area contributed by atoms with Gasteiger partial charge in [-0.3, -0.25) is 47.9 Å². The third kappa shape index (κ3) is 21.9. The van der Waals surface area contributed by atoms with Crippen LogP contribution in [0.25, 0.3) is 27.8 Å². The number of thioether (sulfide) groups is 2. The third-order valence-corrected chi connectivity index (χ3v) is 20.7. The summed E-state index contributed by atoms with van der Waals surface area (Å²) < 4.78 is 34.4. The minimum atomic E-state index is -2.00. The average molecular weight is 1480 g/mol. The zero-order chi connectivity index (χ0) is 75.3. The Morgan fingerprint density at radius 2 is 1.35 bits per heavy atom. The van der Waals surface area contributed by atoms with Gasteiger partial charge in [0.1, 0.15) is 65.2 Å². The van der Waals surface area contributed by atoms with Crippen LogP contribution in [-0.4, -0.2) is 175 Å². The smallest absolute Gasteiger partial charge is 0.305 e. The quantitative estimate of drug-likeness (QED) is 0.0385. The Bertz CT molecular complexity index is 4320. The molecule has 2 aliphatic heterocycles. The van der Waals surface area contributed by atoms with Gasteiger partial charge in [0.25, 0.3) is 0 Å². The highest BCUT2D eigenvalue weighted by molar-refractivity contribution is 7.98. The number of carbonyl (C=O) groups excluding carboxylic acids is 9. The number of aliphatic carboxylic acids is 1. The fourth-order valence-corrected chi connectivity index (χ4v) is 14.4. The van der Waals surface area contributed by atoms with Crippen molar-refractivity contribution in [3.63, 3.8) is 0 Å². The largest absolute Gasteiger partial charge is 0.497 e. The number of imidazole rings is 1. The molecule has 8 atom stereocenters. The molecule has 105 heavy (non-hydrogen) atoms. The second-order valence-corrected chi connectivity index (χ2v) is 28.6. The number of nitrogens with one attached hydrogen (secondary N) is 11. The molecule has 0 saturated carbocycles. The Kier molecular flexibility index (Phi) is 28.1. The first-order valence-electron chi connectivity index (χ1n) is 34.7. The first-order chi connectivity index (χ1) is 50.4. The topological polar surface area (TPSA) is 386 Å². The maximum atomic E-state index is 15.2. The number of benzene rings is 4. The lowest BCUT2D eigenvalue weighted by Gasteiger charge is -2.36. The molecule has 0 aliphatic carbocycles. The maximum Gasteiger partial charge on any atom is 0.305 e. The van der Waals surface area contributed by atoms with Gasteiger partial charge in [-0.1, -0.05) is 55.1 Å². The van der Waals surface area contributed by atoms with Crippen molar-refractivity contribution in [2.24, 2.45) is 5.73 Å². The zero-order valence-corrected chi connectivity index (χ0v) is 60.6. The first kappa shape index (κ1) is 78.8. The van der Waals surface area contributed by atoms with Crippen molar-refractivity contribution in [3.8, 4) is 5.75 Å². The number of halogens is 2. The molecule has 0 radical (unpaired) electrons. The molecule has 5 heterocycles. The summed E-state index contributed by atoms with van der Waals surface area (Å²) in [7, 11) is 1.49. The van der Waals surface area contributed by atoms with E-state index in [0.29, 0.717) is 94.6 Å². The summed E-state index contributed by atoms with van der Waals surface area (Å²) in [6.07, 6.45) is 7.87. The Morgan fingerprint density at radius 3 is 2.01 bits per heavy atom. The number of allylic oxidation sites excluding steroid dienone is 2. The molecule has 30 heteroatoms. The third-order valence-electron chi connectivity index (χ3n) is 18.7. The molecule has 14 N–H and O–H groups in total. The van der Waals surface area contributed by atoms with Crippen LogP contribution in [0.2, 0.25) is 0 Å². The van der Waals surface area contributed by atoms with Crippen LogP contribution < -0.4 is 53.0 Å². The summed E-state index contributed by atoms with van der Waals surface area (Å²) >= 11 is 3.16. The van der Waals surface area contributed by atoms with Crippen molar-refractivity contribution in [2.45, 2.75) is 151 Å². The molecular weight excluding hydrogens is 1390 g/mol. The predicted molar refractivity (Wildman–Crippen MR) is 397 cm³/mol. The maximum absolute atomic E-state index is 15.2. The molecule has 4 aromatic carbocycles. The number of amides is 9. The van der Waals surface area contributed by atoms with E-state index in [9.17, 15) is 38.3 Å². The number of hydrogen-bond acceptors (Lipinski definition) is 15. The van der Waals surface area contributed by atoms with Crippen molar-refractivity contribution in [1.29, 1.82) is 0 Å². The zero-order valence-electron chi connectivity index (χ0n) is 58.9. The molecule has 0 spiro atoms. The highest BCUT2D eigenvalue weighted by Crippen LogP contribution is 2.32. The van der Waals surface area contributed by atoms with Gasteiger partial charge in [-0.15, -0.1) is 0 Å². The number of fused-ring (bicyclic) bond motifs is 4. The number of rotatable bonds is 17. The monoisotopic (exact) mass is 1480 g/mol. The molecule has 1 fully saturated rings. The van der Waals surface area contributed by atoms with Crippen LogP contribution in [0.4, 0.5) is 8.78 Å². The number of nitrogens with two attached hydrogens (primary N) is 1. The highest BCUT2D eigenvalue weighted by atomic mass is 32.2. The number of carbonyl (C=O) groups is 10. The molecular formula is C75H90F2N14O12S2. The number of carboxylic acids is 1. The number of aromatic amines is 3. The molecule has 7 aromatic rings. The molecule has 558 valence electrons. The standard InChI is InChI=1S/C75H90F2N14O12S2/c1-43(76)10-20-57-44(2)51(37-81-57)32-60-69(97)87-61(33-52-38-82-58-21-17-53(77)34-56(52)58)70(98)89-63(36-66(93)94)72(100)88-62(35-54-39-79-42-83-54)71(99)90-64(31-46-13-18-55(103-5)19-14-46)73(101)91-26-8-23-75(91,4)74(102)80-25-28-105-41-48-12-16-49-15-11-47(29-50(49)30-48)40-104-27-22-65(92)85-59(9-6-7-24-78)68(96)84-45(3)67(95)86-60/h10-21,29-30,34,37-39,42,45,59-64,81-82H,1,6-9,22-28,31-33,35-36,40-41,78H2,2-5H3,(H,79,83)(H,80,102)(H,84,96)(H,85,92)(H,86,95)(H,87,97)(H,88,100)(H,89,98)(H,90,99)(H,93,94)/b20-10-/t45-,59+,60+,61+,62+,63+,64+,75+/m1/s1. The minimum Gasteiger partial charge on any atom is -0.497 e. The molecule has 1 saturated heterocycles. The van der Waals surface area contributed by atoms with Crippen molar-refractivity contribution in [3.05, 3.63) is 173 Å². The fourth-order valence-electron chi connectivity index (χ4n) is 12.7. The minimum absolute atomic E-state index is 0.0584. The van der Waals surface area contributed by atoms with Crippen LogP contribution in [-0.2, 0) is 85.1 Å². The Morgan fingerprint density at radius 1 is 0.724 bits per heavy atom. The molecule has 9 amide bonds. The van der Waals surface area contributed by atoms with Crippen LogP contribution in [0.15, 0.2) is 122 Å². The van der Waals surface area contributed by atoms with Gasteiger partial charge >= 0.3 is 5.97 Å².